The number of fused-ring (bicyclic) bond motifs is 1. The molecule has 0 radical (unpaired) electrons. The van der Waals surface area contributed by atoms with Crippen molar-refractivity contribution in [1.29, 1.82) is 0 Å². The molecular weight excluding hydrogens is 394 g/mol. The van der Waals surface area contributed by atoms with Crippen LogP contribution in [0.25, 0.3) is 11.1 Å². The van der Waals surface area contributed by atoms with Crippen LogP contribution < -0.4 is 14.8 Å². The maximum atomic E-state index is 12.5. The standard InChI is InChI=1S/C24H27N3O4/c1-29-21-11-10-16(12-22(21)30-18-6-2-3-7-18)17-13-25-24(28)27(14-17)15-23-26-19-8-4-5-9-20(19)31-23/h4-5,8-12,17-18H,2-3,6-7,13-15H2,1H3,(H,25,28). The molecule has 1 aliphatic heterocycles. The highest BCUT2D eigenvalue weighted by molar-refractivity contribution is 5.76. The third kappa shape index (κ3) is 4.17. The van der Waals surface area contributed by atoms with Crippen LogP contribution in [0.3, 0.4) is 0 Å². The highest BCUT2D eigenvalue weighted by Gasteiger charge is 2.28. The van der Waals surface area contributed by atoms with E-state index >= 15 is 0 Å². The van der Waals surface area contributed by atoms with Crippen LogP contribution in [-0.4, -0.2) is 42.2 Å². The third-order valence-electron chi connectivity index (χ3n) is 6.15. The lowest BCUT2D eigenvalue weighted by Crippen LogP contribution is -2.49. The SMILES string of the molecule is COc1ccc(C2CNC(=O)N(Cc3nc4ccccc4o3)C2)cc1OC1CCCC1. The topological polar surface area (TPSA) is 76.8 Å². The maximum Gasteiger partial charge on any atom is 0.317 e. The highest BCUT2D eigenvalue weighted by Crippen LogP contribution is 2.35. The van der Waals surface area contributed by atoms with Gasteiger partial charge in [-0.15, -0.1) is 0 Å². The molecular formula is C24H27N3O4. The Morgan fingerprint density at radius 2 is 2.00 bits per heavy atom. The molecule has 2 aromatic carbocycles. The largest absolute Gasteiger partial charge is 0.493 e. The van der Waals surface area contributed by atoms with Gasteiger partial charge < -0.3 is 24.1 Å². The van der Waals surface area contributed by atoms with Crippen molar-refractivity contribution in [1.82, 2.24) is 15.2 Å². The van der Waals surface area contributed by atoms with Gasteiger partial charge in [-0.3, -0.25) is 0 Å². The Morgan fingerprint density at radius 1 is 1.16 bits per heavy atom. The van der Waals surface area contributed by atoms with Crippen LogP contribution in [0.4, 0.5) is 4.79 Å². The average molecular weight is 421 g/mol. The number of para-hydroxylation sites is 2. The van der Waals surface area contributed by atoms with E-state index in [0.717, 1.165) is 41.0 Å². The lowest BCUT2D eigenvalue weighted by atomic mass is 9.96. The number of methoxy groups -OCH3 is 1. The first-order chi connectivity index (χ1) is 15.2. The first-order valence-electron chi connectivity index (χ1n) is 10.9. The first-order valence-corrected chi connectivity index (χ1v) is 10.9. The van der Waals surface area contributed by atoms with Gasteiger partial charge in [-0.05, 0) is 55.5 Å². The van der Waals surface area contributed by atoms with Crippen molar-refractivity contribution in [3.63, 3.8) is 0 Å². The number of carbonyl (C=O) groups is 1. The van der Waals surface area contributed by atoms with Crippen LogP contribution in [0.2, 0.25) is 0 Å². The van der Waals surface area contributed by atoms with Crippen molar-refractivity contribution < 1.29 is 18.7 Å². The summed E-state index contributed by atoms with van der Waals surface area (Å²) in [6.07, 6.45) is 4.86. The number of nitrogens with one attached hydrogen (secondary N) is 1. The van der Waals surface area contributed by atoms with Crippen molar-refractivity contribution in [2.75, 3.05) is 20.2 Å². The summed E-state index contributed by atoms with van der Waals surface area (Å²) in [7, 11) is 1.67. The maximum absolute atomic E-state index is 12.5. The number of benzene rings is 2. The van der Waals surface area contributed by atoms with Gasteiger partial charge in [-0.2, -0.15) is 0 Å². The Bertz CT molecular complexity index is 1040. The van der Waals surface area contributed by atoms with Crippen LogP contribution in [-0.2, 0) is 6.54 Å². The second kappa shape index (κ2) is 8.49. The van der Waals surface area contributed by atoms with Crippen LogP contribution >= 0.6 is 0 Å². The molecule has 2 aliphatic rings. The molecule has 31 heavy (non-hydrogen) atoms. The van der Waals surface area contributed by atoms with E-state index in [1.165, 1.54) is 12.8 Å². The van der Waals surface area contributed by atoms with E-state index in [2.05, 4.69) is 22.4 Å². The summed E-state index contributed by atoms with van der Waals surface area (Å²) in [4.78, 5) is 18.7. The van der Waals surface area contributed by atoms with Crippen LogP contribution in [0, 0.1) is 0 Å². The predicted molar refractivity (Wildman–Crippen MR) is 116 cm³/mol. The molecule has 1 unspecified atom stereocenters. The zero-order valence-corrected chi connectivity index (χ0v) is 17.7. The Balaban J connectivity index is 1.33. The average Bonchev–Trinajstić information content (AvgIpc) is 3.44. The summed E-state index contributed by atoms with van der Waals surface area (Å²) < 4.78 is 17.6. The Morgan fingerprint density at radius 3 is 2.81 bits per heavy atom. The predicted octanol–water partition coefficient (Wildman–Crippen LogP) is 4.47. The van der Waals surface area contributed by atoms with E-state index in [1.807, 2.05) is 30.3 Å². The van der Waals surface area contributed by atoms with Gasteiger partial charge in [0.15, 0.2) is 17.1 Å². The lowest BCUT2D eigenvalue weighted by molar-refractivity contribution is 0.170. The second-order valence-electron chi connectivity index (χ2n) is 8.27. The third-order valence-corrected chi connectivity index (χ3v) is 6.15. The molecule has 7 heteroatoms. The van der Waals surface area contributed by atoms with E-state index in [-0.39, 0.29) is 18.1 Å². The molecule has 1 aliphatic carbocycles. The molecule has 5 rings (SSSR count). The van der Waals surface area contributed by atoms with Crippen LogP contribution in [0.15, 0.2) is 46.9 Å². The van der Waals surface area contributed by atoms with Gasteiger partial charge in [0.2, 0.25) is 5.89 Å². The van der Waals surface area contributed by atoms with Gasteiger partial charge in [0.05, 0.1) is 19.8 Å². The fourth-order valence-corrected chi connectivity index (χ4v) is 4.47. The zero-order valence-electron chi connectivity index (χ0n) is 17.7. The Labute approximate surface area is 181 Å². The number of carbonyl (C=O) groups excluding carboxylic acids is 1. The number of urea groups is 1. The first kappa shape index (κ1) is 19.7. The minimum absolute atomic E-state index is 0.102. The molecule has 2 fully saturated rings. The summed E-state index contributed by atoms with van der Waals surface area (Å²) in [5.41, 5.74) is 2.65. The zero-order chi connectivity index (χ0) is 21.2. The van der Waals surface area contributed by atoms with E-state index < -0.39 is 0 Å². The molecule has 1 saturated heterocycles. The van der Waals surface area contributed by atoms with Crippen molar-refractivity contribution in [3.8, 4) is 11.5 Å². The van der Waals surface area contributed by atoms with Crippen LogP contribution in [0.5, 0.6) is 11.5 Å². The number of hydrogen-bond donors (Lipinski definition) is 1. The van der Waals surface area contributed by atoms with Crippen molar-refractivity contribution in [2.45, 2.75) is 44.2 Å². The normalized spacial score (nSPS) is 19.6. The van der Waals surface area contributed by atoms with Gasteiger partial charge >= 0.3 is 6.03 Å². The van der Waals surface area contributed by atoms with Crippen molar-refractivity contribution >= 4 is 17.1 Å². The summed E-state index contributed by atoms with van der Waals surface area (Å²) >= 11 is 0. The van der Waals surface area contributed by atoms with Gasteiger partial charge in [0.1, 0.15) is 5.52 Å². The van der Waals surface area contributed by atoms with Crippen molar-refractivity contribution in [2.24, 2.45) is 0 Å². The smallest absolute Gasteiger partial charge is 0.317 e. The fraction of sp³-hybridized carbons (Fsp3) is 0.417. The number of oxazole rings is 1. The number of ether oxygens (including phenoxy) is 2. The summed E-state index contributed by atoms with van der Waals surface area (Å²) in [5.74, 6) is 2.21. The number of rotatable bonds is 6. The highest BCUT2D eigenvalue weighted by atomic mass is 16.5. The van der Waals surface area contributed by atoms with Gasteiger partial charge in [-0.25, -0.2) is 9.78 Å². The monoisotopic (exact) mass is 421 g/mol. The van der Waals surface area contributed by atoms with Crippen molar-refractivity contribution in [3.05, 3.63) is 53.9 Å². The quantitative estimate of drug-likeness (QED) is 0.636. The van der Waals surface area contributed by atoms with E-state index in [0.29, 0.717) is 25.5 Å². The summed E-state index contributed by atoms with van der Waals surface area (Å²) in [6, 6.07) is 13.6. The molecule has 2 heterocycles. The van der Waals surface area contributed by atoms with Gasteiger partial charge in [0.25, 0.3) is 0 Å². The molecule has 1 saturated carbocycles. The minimum atomic E-state index is -0.102. The van der Waals surface area contributed by atoms with E-state index in [1.54, 1.807) is 12.0 Å². The number of hydrogen-bond acceptors (Lipinski definition) is 5. The molecule has 162 valence electrons. The van der Waals surface area contributed by atoms with Gasteiger partial charge in [-0.1, -0.05) is 18.2 Å². The molecule has 0 bridgehead atoms. The molecule has 2 amide bonds. The van der Waals surface area contributed by atoms with E-state index in [4.69, 9.17) is 13.9 Å². The Kier molecular flexibility index (Phi) is 5.40. The molecule has 1 atom stereocenters. The van der Waals surface area contributed by atoms with Crippen LogP contribution in [0.1, 0.15) is 43.1 Å². The lowest BCUT2D eigenvalue weighted by Gasteiger charge is -2.33. The molecule has 7 nitrogen and oxygen atoms in total. The Hall–Kier alpha value is -3.22. The number of nitrogens with zero attached hydrogens (tertiary/aromatic N) is 2. The number of amides is 2. The summed E-state index contributed by atoms with van der Waals surface area (Å²) in [6.45, 7) is 1.50. The minimum Gasteiger partial charge on any atom is -0.493 e. The van der Waals surface area contributed by atoms with Gasteiger partial charge in [0, 0.05) is 19.0 Å². The molecule has 1 N–H and O–H groups in total. The van der Waals surface area contributed by atoms with E-state index in [9.17, 15) is 4.79 Å². The summed E-state index contributed by atoms with van der Waals surface area (Å²) in [5, 5.41) is 3.00. The number of aromatic nitrogens is 1. The fourth-order valence-electron chi connectivity index (χ4n) is 4.47. The molecule has 3 aromatic rings. The molecule has 0 spiro atoms. The molecule has 1 aromatic heterocycles. The second-order valence-corrected chi connectivity index (χ2v) is 8.27.